The highest BCUT2D eigenvalue weighted by Crippen LogP contribution is 2.19. The van der Waals surface area contributed by atoms with E-state index in [9.17, 15) is 19.5 Å². The number of nitrogens with one attached hydrogen (secondary N) is 3. The number of carboxylic acid groups (broad SMARTS) is 1. The fraction of sp³-hybridized carbons (Fsp3) is 0.292. The molecule has 0 aliphatic heterocycles. The number of hydrogen-bond donors (Lipinski definition) is 4. The molecule has 0 aliphatic rings. The van der Waals surface area contributed by atoms with Gasteiger partial charge in [0.15, 0.2) is 0 Å². The van der Waals surface area contributed by atoms with Crippen molar-refractivity contribution in [3.05, 3.63) is 71.9 Å². The third-order valence-electron chi connectivity index (χ3n) is 5.11. The summed E-state index contributed by atoms with van der Waals surface area (Å²) in [7, 11) is 0. The number of para-hydroxylation sites is 1. The summed E-state index contributed by atoms with van der Waals surface area (Å²) in [5.74, 6) is -1.71. The number of H-pyrrole nitrogens is 1. The maximum atomic E-state index is 12.8. The summed E-state index contributed by atoms with van der Waals surface area (Å²) in [5.41, 5.74) is 2.50. The van der Waals surface area contributed by atoms with Crippen molar-refractivity contribution in [1.29, 1.82) is 0 Å². The first-order valence-corrected chi connectivity index (χ1v) is 10.5. The van der Waals surface area contributed by atoms with Crippen molar-refractivity contribution >= 4 is 28.9 Å². The molecule has 0 saturated heterocycles. The van der Waals surface area contributed by atoms with Gasteiger partial charge in [0.25, 0.3) is 0 Å². The molecule has 0 unspecified atom stereocenters. The predicted molar refractivity (Wildman–Crippen MR) is 120 cm³/mol. The van der Waals surface area contributed by atoms with Crippen LogP contribution in [0.25, 0.3) is 10.9 Å². The molecule has 32 heavy (non-hydrogen) atoms. The number of carboxylic acids is 1. The summed E-state index contributed by atoms with van der Waals surface area (Å²) < 4.78 is 5.19. The van der Waals surface area contributed by atoms with Gasteiger partial charge in [-0.25, -0.2) is 9.59 Å². The normalized spacial score (nSPS) is 12.7. The number of carbonyl (C=O) groups excluding carboxylic acids is 2. The molecule has 3 aromatic rings. The Labute approximate surface area is 186 Å². The summed E-state index contributed by atoms with van der Waals surface area (Å²) in [5, 5.41) is 15.7. The molecule has 0 aliphatic carbocycles. The van der Waals surface area contributed by atoms with Crippen LogP contribution in [-0.2, 0) is 27.4 Å². The fourth-order valence-electron chi connectivity index (χ4n) is 3.46. The number of aromatic amines is 1. The van der Waals surface area contributed by atoms with Crippen LogP contribution in [0.1, 0.15) is 30.9 Å². The van der Waals surface area contributed by atoms with Crippen molar-refractivity contribution in [2.75, 3.05) is 0 Å². The highest BCUT2D eigenvalue weighted by Gasteiger charge is 2.27. The van der Waals surface area contributed by atoms with Crippen LogP contribution in [0.3, 0.4) is 0 Å². The maximum Gasteiger partial charge on any atom is 0.408 e. The lowest BCUT2D eigenvalue weighted by molar-refractivity contribution is -0.142. The fourth-order valence-corrected chi connectivity index (χ4v) is 3.46. The lowest BCUT2D eigenvalue weighted by atomic mass is 10.0. The van der Waals surface area contributed by atoms with Gasteiger partial charge in [0.2, 0.25) is 5.91 Å². The van der Waals surface area contributed by atoms with E-state index in [1.54, 1.807) is 6.20 Å². The molecule has 2 atom stereocenters. The van der Waals surface area contributed by atoms with E-state index < -0.39 is 30.1 Å². The zero-order chi connectivity index (χ0) is 22.9. The molecule has 0 spiro atoms. The van der Waals surface area contributed by atoms with E-state index in [4.69, 9.17) is 4.74 Å². The summed E-state index contributed by atoms with van der Waals surface area (Å²) in [6, 6.07) is 14.7. The zero-order valence-electron chi connectivity index (χ0n) is 17.8. The maximum absolute atomic E-state index is 12.8. The number of rotatable bonds is 10. The molecule has 0 bridgehead atoms. The van der Waals surface area contributed by atoms with Gasteiger partial charge in [-0.05, 0) is 23.6 Å². The van der Waals surface area contributed by atoms with Crippen LogP contribution in [0.5, 0.6) is 0 Å². The lowest BCUT2D eigenvalue weighted by Crippen LogP contribution is -2.52. The van der Waals surface area contributed by atoms with Crippen LogP contribution in [-0.4, -0.2) is 40.1 Å². The van der Waals surface area contributed by atoms with Crippen LogP contribution in [0.4, 0.5) is 4.79 Å². The van der Waals surface area contributed by atoms with Gasteiger partial charge in [-0.3, -0.25) is 4.79 Å². The Hall–Kier alpha value is -3.81. The zero-order valence-corrected chi connectivity index (χ0v) is 17.8. The van der Waals surface area contributed by atoms with Gasteiger partial charge in [-0.15, -0.1) is 0 Å². The van der Waals surface area contributed by atoms with Crippen molar-refractivity contribution in [1.82, 2.24) is 15.6 Å². The number of aromatic nitrogens is 1. The first-order valence-electron chi connectivity index (χ1n) is 10.5. The minimum atomic E-state index is -1.15. The Morgan fingerprint density at radius 2 is 1.72 bits per heavy atom. The van der Waals surface area contributed by atoms with Crippen LogP contribution in [0.15, 0.2) is 60.8 Å². The van der Waals surface area contributed by atoms with Crippen molar-refractivity contribution in [3.63, 3.8) is 0 Å². The Morgan fingerprint density at radius 3 is 2.44 bits per heavy atom. The Bertz CT molecular complexity index is 1060. The quantitative estimate of drug-likeness (QED) is 0.388. The number of amides is 2. The molecule has 0 fully saturated rings. The van der Waals surface area contributed by atoms with E-state index in [0.29, 0.717) is 12.8 Å². The monoisotopic (exact) mass is 437 g/mol. The summed E-state index contributed by atoms with van der Waals surface area (Å²) in [4.78, 5) is 39.9. The first kappa shape index (κ1) is 22.9. The molecule has 1 heterocycles. The van der Waals surface area contributed by atoms with Gasteiger partial charge in [0.05, 0.1) is 0 Å². The Kier molecular flexibility index (Phi) is 7.85. The molecule has 168 valence electrons. The predicted octanol–water partition coefficient (Wildman–Crippen LogP) is 3.37. The summed E-state index contributed by atoms with van der Waals surface area (Å²) in [6.07, 6.45) is 2.10. The molecule has 0 radical (unpaired) electrons. The van der Waals surface area contributed by atoms with Gasteiger partial charge >= 0.3 is 12.1 Å². The second kappa shape index (κ2) is 11.0. The van der Waals surface area contributed by atoms with Crippen LogP contribution in [0, 0.1) is 0 Å². The molecule has 2 aromatic carbocycles. The largest absolute Gasteiger partial charge is 0.480 e. The molecule has 4 N–H and O–H groups in total. The SMILES string of the molecule is CCC[C@H](NC(=O)OCc1ccccc1)C(=O)N[C@@H](Cc1c[nH]c2ccccc12)C(=O)O. The molecule has 8 nitrogen and oxygen atoms in total. The second-order valence-electron chi connectivity index (χ2n) is 7.51. The van der Waals surface area contributed by atoms with E-state index in [-0.39, 0.29) is 13.0 Å². The van der Waals surface area contributed by atoms with Gasteiger partial charge in [-0.2, -0.15) is 0 Å². The Balaban J connectivity index is 1.62. The number of ether oxygens (including phenoxy) is 1. The van der Waals surface area contributed by atoms with Crippen molar-refractivity contribution < 1.29 is 24.2 Å². The van der Waals surface area contributed by atoms with Crippen LogP contribution >= 0.6 is 0 Å². The molecular formula is C24H27N3O5. The van der Waals surface area contributed by atoms with Gasteiger partial charge < -0.3 is 25.5 Å². The van der Waals surface area contributed by atoms with Gasteiger partial charge in [-0.1, -0.05) is 61.9 Å². The first-order chi connectivity index (χ1) is 15.5. The highest BCUT2D eigenvalue weighted by atomic mass is 16.5. The lowest BCUT2D eigenvalue weighted by Gasteiger charge is -2.21. The number of benzene rings is 2. The summed E-state index contributed by atoms with van der Waals surface area (Å²) >= 11 is 0. The third kappa shape index (κ3) is 6.10. The van der Waals surface area contributed by atoms with E-state index in [1.165, 1.54) is 0 Å². The van der Waals surface area contributed by atoms with Crippen LogP contribution < -0.4 is 10.6 Å². The third-order valence-corrected chi connectivity index (χ3v) is 5.11. The van der Waals surface area contributed by atoms with Crippen LogP contribution in [0.2, 0.25) is 0 Å². The Morgan fingerprint density at radius 1 is 1.00 bits per heavy atom. The molecule has 2 amide bonds. The number of fused-ring (bicyclic) bond motifs is 1. The standard InChI is InChI=1S/C24H27N3O5/c1-2-8-20(27-24(31)32-15-16-9-4-3-5-10-16)22(28)26-21(23(29)30)13-17-14-25-19-12-7-6-11-18(17)19/h3-7,9-12,14,20-21,25H,2,8,13,15H2,1H3,(H,26,28)(H,27,31)(H,29,30)/t20-,21-/m0/s1. The highest BCUT2D eigenvalue weighted by molar-refractivity contribution is 5.90. The summed E-state index contributed by atoms with van der Waals surface area (Å²) in [6.45, 7) is 1.95. The molecular weight excluding hydrogens is 410 g/mol. The van der Waals surface area contributed by atoms with Crippen molar-refractivity contribution in [3.8, 4) is 0 Å². The topological polar surface area (TPSA) is 121 Å². The van der Waals surface area contributed by atoms with E-state index >= 15 is 0 Å². The minimum absolute atomic E-state index is 0.0749. The molecule has 3 rings (SSSR count). The van der Waals surface area contributed by atoms with Gasteiger partial charge in [0.1, 0.15) is 18.7 Å². The number of carbonyl (C=O) groups is 3. The number of alkyl carbamates (subject to hydrolysis) is 1. The van der Waals surface area contributed by atoms with E-state index in [0.717, 1.165) is 22.0 Å². The average molecular weight is 437 g/mol. The second-order valence-corrected chi connectivity index (χ2v) is 7.51. The smallest absolute Gasteiger partial charge is 0.408 e. The molecule has 0 saturated carbocycles. The molecule has 1 aromatic heterocycles. The number of aliphatic carboxylic acids is 1. The minimum Gasteiger partial charge on any atom is -0.480 e. The van der Waals surface area contributed by atoms with E-state index in [1.807, 2.05) is 61.5 Å². The van der Waals surface area contributed by atoms with E-state index in [2.05, 4.69) is 15.6 Å². The van der Waals surface area contributed by atoms with Gasteiger partial charge in [0, 0.05) is 23.5 Å². The average Bonchev–Trinajstić information content (AvgIpc) is 3.20. The van der Waals surface area contributed by atoms with Crippen molar-refractivity contribution in [2.45, 2.75) is 44.9 Å². The molecule has 8 heteroatoms. The number of hydrogen-bond acceptors (Lipinski definition) is 4. The van der Waals surface area contributed by atoms with Crippen molar-refractivity contribution in [2.24, 2.45) is 0 Å².